The van der Waals surface area contributed by atoms with Crippen molar-refractivity contribution in [1.29, 1.82) is 0 Å². The lowest BCUT2D eigenvalue weighted by molar-refractivity contribution is 0.0562. The Bertz CT molecular complexity index is 967. The molecule has 0 spiro atoms. The third-order valence-electron chi connectivity index (χ3n) is 3.43. The minimum absolute atomic E-state index is 0.0146. The fourth-order valence-corrected chi connectivity index (χ4v) is 2.47. The normalized spacial score (nSPS) is 10.6. The van der Waals surface area contributed by atoms with Gasteiger partial charge in [-0.25, -0.2) is 9.18 Å². The summed E-state index contributed by atoms with van der Waals surface area (Å²) in [6, 6.07) is 6.65. The van der Waals surface area contributed by atoms with Gasteiger partial charge in [0.25, 0.3) is 5.91 Å². The van der Waals surface area contributed by atoms with Gasteiger partial charge in [0.15, 0.2) is 0 Å². The first-order valence-electron chi connectivity index (χ1n) is 7.42. The van der Waals surface area contributed by atoms with Crippen LogP contribution in [-0.4, -0.2) is 28.8 Å². The van der Waals surface area contributed by atoms with Crippen LogP contribution in [0.15, 0.2) is 47.1 Å². The molecule has 0 atom stereocenters. The number of methoxy groups -OCH3 is 1. The van der Waals surface area contributed by atoms with E-state index in [1.165, 1.54) is 30.1 Å². The van der Waals surface area contributed by atoms with Crippen molar-refractivity contribution in [3.8, 4) is 0 Å². The molecule has 0 aliphatic carbocycles. The van der Waals surface area contributed by atoms with Gasteiger partial charge < -0.3 is 14.5 Å². The first-order chi connectivity index (χ1) is 12.5. The number of hydrogen-bond donors (Lipinski definition) is 1. The second kappa shape index (κ2) is 7.40. The highest BCUT2D eigenvalue weighted by Gasteiger charge is 2.14. The molecule has 0 saturated heterocycles. The van der Waals surface area contributed by atoms with Crippen LogP contribution in [0.5, 0.6) is 0 Å². The minimum Gasteiger partial charge on any atom is -0.463 e. The predicted octanol–water partition coefficient (Wildman–Crippen LogP) is 3.36. The molecule has 2 aromatic heterocycles. The number of furan rings is 1. The molecule has 26 heavy (non-hydrogen) atoms. The molecule has 3 rings (SSSR count). The van der Waals surface area contributed by atoms with Gasteiger partial charge in [-0.15, -0.1) is 0 Å². The number of halogens is 2. The summed E-state index contributed by atoms with van der Waals surface area (Å²) < 4.78 is 24.5. The van der Waals surface area contributed by atoms with Crippen LogP contribution in [0, 0.1) is 5.82 Å². The molecule has 2 heterocycles. The number of aromatic nitrogens is 2. The number of carbonyl (C=O) groups excluding carboxylic acids is 2. The third kappa shape index (κ3) is 3.92. The standard InChI is InChI=1S/C17H13ClFN3O4/c1-25-17(24)15-5-3-12(26-15)9-22-8-11(7-20-22)21-16(23)13-4-2-10(19)6-14(13)18/h2-8H,9H2,1H3,(H,21,23). The fourth-order valence-electron chi connectivity index (χ4n) is 2.22. The summed E-state index contributed by atoms with van der Waals surface area (Å²) >= 11 is 5.87. The lowest BCUT2D eigenvalue weighted by Gasteiger charge is -2.04. The molecule has 0 aliphatic heterocycles. The lowest BCUT2D eigenvalue weighted by atomic mass is 10.2. The van der Waals surface area contributed by atoms with Crippen LogP contribution in [0.3, 0.4) is 0 Å². The number of nitrogens with one attached hydrogen (secondary N) is 1. The van der Waals surface area contributed by atoms with E-state index in [1.54, 1.807) is 12.3 Å². The van der Waals surface area contributed by atoms with Crippen LogP contribution in [0.1, 0.15) is 26.7 Å². The van der Waals surface area contributed by atoms with Crippen molar-refractivity contribution in [3.63, 3.8) is 0 Å². The van der Waals surface area contributed by atoms with Gasteiger partial charge in [-0.2, -0.15) is 5.10 Å². The highest BCUT2D eigenvalue weighted by molar-refractivity contribution is 6.34. The van der Waals surface area contributed by atoms with Gasteiger partial charge in [0.1, 0.15) is 11.6 Å². The highest BCUT2D eigenvalue weighted by Crippen LogP contribution is 2.19. The van der Waals surface area contributed by atoms with Crippen molar-refractivity contribution >= 4 is 29.2 Å². The molecule has 1 N–H and O–H groups in total. The molecular weight excluding hydrogens is 365 g/mol. The van der Waals surface area contributed by atoms with E-state index in [4.69, 9.17) is 16.0 Å². The van der Waals surface area contributed by atoms with Crippen LogP contribution in [0.2, 0.25) is 5.02 Å². The fraction of sp³-hybridized carbons (Fsp3) is 0.118. The zero-order chi connectivity index (χ0) is 18.7. The zero-order valence-electron chi connectivity index (χ0n) is 13.5. The van der Waals surface area contributed by atoms with Crippen LogP contribution < -0.4 is 5.32 Å². The van der Waals surface area contributed by atoms with E-state index in [2.05, 4.69) is 15.2 Å². The largest absolute Gasteiger partial charge is 0.463 e. The van der Waals surface area contributed by atoms with Crippen LogP contribution in [0.4, 0.5) is 10.1 Å². The summed E-state index contributed by atoms with van der Waals surface area (Å²) in [5, 5.41) is 6.74. The Hall–Kier alpha value is -3.13. The second-order valence-corrected chi connectivity index (χ2v) is 5.67. The summed E-state index contributed by atoms with van der Waals surface area (Å²) in [5.41, 5.74) is 0.574. The van der Waals surface area contributed by atoms with Crippen molar-refractivity contribution in [2.24, 2.45) is 0 Å². The van der Waals surface area contributed by atoms with E-state index in [9.17, 15) is 14.0 Å². The molecule has 134 valence electrons. The molecule has 0 aliphatic rings. The van der Waals surface area contributed by atoms with Gasteiger partial charge in [0, 0.05) is 6.20 Å². The van der Waals surface area contributed by atoms with Crippen LogP contribution >= 0.6 is 11.6 Å². The predicted molar refractivity (Wildman–Crippen MR) is 90.7 cm³/mol. The number of amides is 1. The Morgan fingerprint density at radius 2 is 2.15 bits per heavy atom. The van der Waals surface area contributed by atoms with Gasteiger partial charge >= 0.3 is 5.97 Å². The summed E-state index contributed by atoms with van der Waals surface area (Å²) in [7, 11) is 1.26. The highest BCUT2D eigenvalue weighted by atomic mass is 35.5. The second-order valence-electron chi connectivity index (χ2n) is 5.26. The number of rotatable bonds is 5. The van der Waals surface area contributed by atoms with E-state index >= 15 is 0 Å². The van der Waals surface area contributed by atoms with E-state index in [0.29, 0.717) is 11.4 Å². The number of hydrogen-bond acceptors (Lipinski definition) is 5. The Kier molecular flexibility index (Phi) is 5.04. The first-order valence-corrected chi connectivity index (χ1v) is 7.80. The molecule has 1 amide bonds. The van der Waals surface area contributed by atoms with Crippen LogP contribution in [0.25, 0.3) is 0 Å². The maximum Gasteiger partial charge on any atom is 0.373 e. The summed E-state index contributed by atoms with van der Waals surface area (Å²) in [6.07, 6.45) is 3.02. The first kappa shape index (κ1) is 17.7. The van der Waals surface area contributed by atoms with Gasteiger partial charge in [0.05, 0.1) is 36.1 Å². The van der Waals surface area contributed by atoms with Gasteiger partial charge in [0.2, 0.25) is 5.76 Å². The van der Waals surface area contributed by atoms with Crippen molar-refractivity contribution in [2.45, 2.75) is 6.54 Å². The molecular formula is C17H13ClFN3O4. The minimum atomic E-state index is -0.569. The third-order valence-corrected chi connectivity index (χ3v) is 3.75. The van der Waals surface area contributed by atoms with Gasteiger partial charge in [-0.3, -0.25) is 9.48 Å². The molecule has 0 saturated carbocycles. The number of esters is 1. The van der Waals surface area contributed by atoms with Gasteiger partial charge in [-0.1, -0.05) is 11.6 Å². The smallest absolute Gasteiger partial charge is 0.373 e. The van der Waals surface area contributed by atoms with E-state index < -0.39 is 17.7 Å². The van der Waals surface area contributed by atoms with E-state index in [-0.39, 0.29) is 22.9 Å². The molecule has 0 radical (unpaired) electrons. The summed E-state index contributed by atoms with van der Waals surface area (Å²) in [5.74, 6) is -0.993. The Balaban J connectivity index is 1.67. The average Bonchev–Trinajstić information content (AvgIpc) is 3.24. The van der Waals surface area contributed by atoms with Crippen molar-refractivity contribution < 1.29 is 23.1 Å². The lowest BCUT2D eigenvalue weighted by Crippen LogP contribution is -2.12. The topological polar surface area (TPSA) is 86.4 Å². The van der Waals surface area contributed by atoms with Crippen LogP contribution in [-0.2, 0) is 11.3 Å². The molecule has 7 nitrogen and oxygen atoms in total. The van der Waals surface area contributed by atoms with E-state index in [1.807, 2.05) is 0 Å². The van der Waals surface area contributed by atoms with Gasteiger partial charge in [-0.05, 0) is 30.3 Å². The maximum absolute atomic E-state index is 13.1. The Labute approximate surface area is 152 Å². The van der Waals surface area contributed by atoms with Crippen molar-refractivity contribution in [2.75, 3.05) is 12.4 Å². The molecule has 3 aromatic rings. The average molecular weight is 378 g/mol. The van der Waals surface area contributed by atoms with E-state index in [0.717, 1.165) is 12.1 Å². The number of nitrogens with zero attached hydrogens (tertiary/aromatic N) is 2. The number of anilines is 1. The molecule has 1 aromatic carbocycles. The molecule has 9 heteroatoms. The number of carbonyl (C=O) groups is 2. The maximum atomic E-state index is 13.1. The monoisotopic (exact) mass is 377 g/mol. The number of ether oxygens (including phenoxy) is 1. The number of benzene rings is 1. The SMILES string of the molecule is COC(=O)c1ccc(Cn2cc(NC(=O)c3ccc(F)cc3Cl)cn2)o1. The quantitative estimate of drug-likeness (QED) is 0.689. The Morgan fingerprint density at radius 1 is 1.35 bits per heavy atom. The summed E-state index contributed by atoms with van der Waals surface area (Å²) in [4.78, 5) is 23.6. The molecule has 0 bridgehead atoms. The summed E-state index contributed by atoms with van der Waals surface area (Å²) in [6.45, 7) is 0.254. The zero-order valence-corrected chi connectivity index (χ0v) is 14.3. The van der Waals surface area contributed by atoms with Crippen molar-refractivity contribution in [3.05, 3.63) is 70.6 Å². The molecule has 0 fully saturated rings. The Morgan fingerprint density at radius 3 is 2.88 bits per heavy atom. The molecule has 0 unspecified atom stereocenters. The van der Waals surface area contributed by atoms with Crippen molar-refractivity contribution in [1.82, 2.24) is 9.78 Å².